The number of nitrogens with one attached hydrogen (secondary N) is 1. The number of anilines is 1. The van der Waals surface area contributed by atoms with Crippen LogP contribution in [0.15, 0.2) is 36.5 Å². The average Bonchev–Trinajstić information content (AvgIpc) is 3.09. The monoisotopic (exact) mass is 393 g/mol. The number of morpholine rings is 1. The number of aryl methyl sites for hydroxylation is 1. The zero-order chi connectivity index (χ0) is 19.7. The molecule has 1 atom stereocenters. The Labute approximate surface area is 171 Å². The van der Waals surface area contributed by atoms with Gasteiger partial charge in [-0.25, -0.2) is 9.97 Å². The summed E-state index contributed by atoms with van der Waals surface area (Å²) >= 11 is 0. The van der Waals surface area contributed by atoms with E-state index in [4.69, 9.17) is 9.72 Å². The Morgan fingerprint density at radius 1 is 1.10 bits per heavy atom. The van der Waals surface area contributed by atoms with Crippen molar-refractivity contribution < 1.29 is 9.53 Å². The van der Waals surface area contributed by atoms with Crippen molar-refractivity contribution in [2.24, 2.45) is 0 Å². The van der Waals surface area contributed by atoms with E-state index in [1.807, 2.05) is 30.5 Å². The van der Waals surface area contributed by atoms with Crippen LogP contribution < -0.4 is 10.2 Å². The lowest BCUT2D eigenvalue weighted by atomic mass is 9.91. The van der Waals surface area contributed by atoms with Gasteiger partial charge in [-0.3, -0.25) is 9.69 Å². The summed E-state index contributed by atoms with van der Waals surface area (Å²) in [6, 6.07) is 9.97. The third-order valence-electron chi connectivity index (χ3n) is 6.33. The van der Waals surface area contributed by atoms with Gasteiger partial charge in [0.1, 0.15) is 0 Å². The lowest BCUT2D eigenvalue weighted by Gasteiger charge is -2.29. The van der Waals surface area contributed by atoms with Crippen molar-refractivity contribution in [2.75, 3.05) is 44.3 Å². The molecule has 2 aromatic rings. The minimum absolute atomic E-state index is 0.0663. The average molecular weight is 393 g/mol. The minimum Gasteiger partial charge on any atom is -0.378 e. The summed E-state index contributed by atoms with van der Waals surface area (Å²) < 4.78 is 5.43. The smallest absolute Gasteiger partial charge is 0.252 e. The Balaban J connectivity index is 1.26. The standard InChI is InChI=1S/C22H27N5O2/c28-20-19-4-2-1-3-17(19)5-7-22(25-20)8-10-26(16-22)15-18-6-9-23-21(24-18)27-11-13-29-14-12-27/h1-4,6,9H,5,7-8,10-16H2,(H,25,28). The third-order valence-corrected chi connectivity index (χ3v) is 6.33. The van der Waals surface area contributed by atoms with Crippen LogP contribution >= 0.6 is 0 Å². The molecule has 3 aliphatic heterocycles. The van der Waals surface area contributed by atoms with Crippen molar-refractivity contribution in [2.45, 2.75) is 31.3 Å². The van der Waals surface area contributed by atoms with E-state index in [-0.39, 0.29) is 11.4 Å². The third kappa shape index (κ3) is 3.84. The summed E-state index contributed by atoms with van der Waals surface area (Å²) in [4.78, 5) is 26.6. The van der Waals surface area contributed by atoms with E-state index in [0.29, 0.717) is 0 Å². The predicted molar refractivity (Wildman–Crippen MR) is 110 cm³/mol. The summed E-state index contributed by atoms with van der Waals surface area (Å²) in [6.07, 6.45) is 4.75. The number of likely N-dealkylation sites (tertiary alicyclic amines) is 1. The summed E-state index contributed by atoms with van der Waals surface area (Å²) in [5.74, 6) is 0.856. The van der Waals surface area contributed by atoms with Crippen LogP contribution in [0.25, 0.3) is 0 Å². The first-order valence-corrected chi connectivity index (χ1v) is 10.5. The first-order valence-electron chi connectivity index (χ1n) is 10.5. The summed E-state index contributed by atoms with van der Waals surface area (Å²) in [5.41, 5.74) is 2.87. The Morgan fingerprint density at radius 2 is 1.97 bits per heavy atom. The molecule has 152 valence electrons. The van der Waals surface area contributed by atoms with Gasteiger partial charge < -0.3 is 15.0 Å². The number of rotatable bonds is 3. The molecule has 1 aromatic carbocycles. The molecule has 7 nitrogen and oxygen atoms in total. The molecule has 2 fully saturated rings. The van der Waals surface area contributed by atoms with Gasteiger partial charge in [-0.1, -0.05) is 18.2 Å². The number of carbonyl (C=O) groups is 1. The van der Waals surface area contributed by atoms with Gasteiger partial charge in [-0.05, 0) is 37.0 Å². The molecule has 0 bridgehead atoms. The van der Waals surface area contributed by atoms with Gasteiger partial charge in [0.15, 0.2) is 0 Å². The predicted octanol–water partition coefficient (Wildman–Crippen LogP) is 1.63. The maximum atomic E-state index is 12.8. The van der Waals surface area contributed by atoms with Crippen LogP contribution in [0.4, 0.5) is 5.95 Å². The first kappa shape index (κ1) is 18.5. The molecule has 0 radical (unpaired) electrons. The SMILES string of the molecule is O=C1NC2(CCc3ccccc31)CCN(Cc1ccnc(N3CCOCC3)n1)C2. The van der Waals surface area contributed by atoms with Crippen LogP contribution in [0.5, 0.6) is 0 Å². The van der Waals surface area contributed by atoms with Gasteiger partial charge in [-0.2, -0.15) is 0 Å². The van der Waals surface area contributed by atoms with E-state index in [1.54, 1.807) is 0 Å². The van der Waals surface area contributed by atoms with Gasteiger partial charge in [0.2, 0.25) is 5.95 Å². The van der Waals surface area contributed by atoms with E-state index in [0.717, 1.165) is 88.0 Å². The molecule has 29 heavy (non-hydrogen) atoms. The lowest BCUT2D eigenvalue weighted by molar-refractivity contribution is 0.0902. The van der Waals surface area contributed by atoms with Crippen molar-refractivity contribution in [3.8, 4) is 0 Å². The number of ether oxygens (including phenoxy) is 1. The second-order valence-corrected chi connectivity index (χ2v) is 8.30. The molecule has 4 heterocycles. The molecule has 3 aliphatic rings. The van der Waals surface area contributed by atoms with Crippen LogP contribution in [0.1, 0.15) is 34.5 Å². The molecule has 7 heteroatoms. The number of fused-ring (bicyclic) bond motifs is 1. The highest BCUT2D eigenvalue weighted by Crippen LogP contribution is 2.31. The zero-order valence-corrected chi connectivity index (χ0v) is 16.6. The van der Waals surface area contributed by atoms with Crippen LogP contribution in [-0.2, 0) is 17.7 Å². The van der Waals surface area contributed by atoms with Crippen LogP contribution in [0, 0.1) is 0 Å². The normalized spacial score (nSPS) is 25.0. The first-order chi connectivity index (χ1) is 14.2. The van der Waals surface area contributed by atoms with E-state index in [2.05, 4.69) is 26.2 Å². The Bertz CT molecular complexity index is 898. The molecule has 1 N–H and O–H groups in total. The molecule has 0 saturated carbocycles. The fourth-order valence-corrected chi connectivity index (χ4v) is 4.72. The quantitative estimate of drug-likeness (QED) is 0.855. The van der Waals surface area contributed by atoms with Crippen molar-refractivity contribution in [3.63, 3.8) is 0 Å². The molecule has 5 rings (SSSR count). The summed E-state index contributed by atoms with van der Waals surface area (Å²) in [5, 5.41) is 3.35. The number of amides is 1. The Morgan fingerprint density at radius 3 is 2.86 bits per heavy atom. The van der Waals surface area contributed by atoms with Crippen molar-refractivity contribution in [1.29, 1.82) is 0 Å². The van der Waals surface area contributed by atoms with Crippen molar-refractivity contribution in [3.05, 3.63) is 53.3 Å². The maximum Gasteiger partial charge on any atom is 0.252 e. The van der Waals surface area contributed by atoms with E-state index >= 15 is 0 Å². The van der Waals surface area contributed by atoms with Gasteiger partial charge in [-0.15, -0.1) is 0 Å². The second kappa shape index (κ2) is 7.72. The summed E-state index contributed by atoms with van der Waals surface area (Å²) in [7, 11) is 0. The lowest BCUT2D eigenvalue weighted by Crippen LogP contribution is -2.49. The van der Waals surface area contributed by atoms with E-state index < -0.39 is 0 Å². The van der Waals surface area contributed by atoms with E-state index in [9.17, 15) is 4.79 Å². The van der Waals surface area contributed by atoms with Gasteiger partial charge in [0.05, 0.1) is 24.4 Å². The largest absolute Gasteiger partial charge is 0.378 e. The second-order valence-electron chi connectivity index (χ2n) is 8.30. The number of nitrogens with zero attached hydrogens (tertiary/aromatic N) is 4. The number of carbonyl (C=O) groups excluding carboxylic acids is 1. The molecule has 1 aromatic heterocycles. The number of hydrogen-bond acceptors (Lipinski definition) is 6. The molecule has 0 aliphatic carbocycles. The molecule has 1 spiro atoms. The minimum atomic E-state index is -0.143. The highest BCUT2D eigenvalue weighted by molar-refractivity contribution is 5.96. The van der Waals surface area contributed by atoms with E-state index in [1.165, 1.54) is 0 Å². The van der Waals surface area contributed by atoms with Crippen LogP contribution in [-0.4, -0.2) is 65.7 Å². The maximum absolute atomic E-state index is 12.8. The van der Waals surface area contributed by atoms with Gasteiger partial charge >= 0.3 is 0 Å². The molecule has 1 unspecified atom stereocenters. The van der Waals surface area contributed by atoms with Crippen molar-refractivity contribution >= 4 is 11.9 Å². The molecule has 1 amide bonds. The van der Waals surface area contributed by atoms with Crippen molar-refractivity contribution in [1.82, 2.24) is 20.2 Å². The Hall–Kier alpha value is -2.51. The van der Waals surface area contributed by atoms with Gasteiger partial charge in [0, 0.05) is 44.5 Å². The fourth-order valence-electron chi connectivity index (χ4n) is 4.72. The summed E-state index contributed by atoms with van der Waals surface area (Å²) in [6.45, 7) is 5.74. The molecular weight excluding hydrogens is 366 g/mol. The highest BCUT2D eigenvalue weighted by atomic mass is 16.5. The zero-order valence-electron chi connectivity index (χ0n) is 16.6. The topological polar surface area (TPSA) is 70.6 Å². The fraction of sp³-hybridized carbons (Fsp3) is 0.500. The number of aromatic nitrogens is 2. The number of benzene rings is 1. The highest BCUT2D eigenvalue weighted by Gasteiger charge is 2.41. The Kier molecular flexibility index (Phi) is 4.93. The molecule has 2 saturated heterocycles. The van der Waals surface area contributed by atoms with Crippen LogP contribution in [0.3, 0.4) is 0 Å². The number of hydrogen-bond donors (Lipinski definition) is 1. The molecular formula is C22H27N5O2. The van der Waals surface area contributed by atoms with Crippen LogP contribution in [0.2, 0.25) is 0 Å². The van der Waals surface area contributed by atoms with Gasteiger partial charge in [0.25, 0.3) is 5.91 Å².